The third-order valence-electron chi connectivity index (χ3n) is 4.59. The molecule has 0 bridgehead atoms. The second-order valence-corrected chi connectivity index (χ2v) is 6.06. The van der Waals surface area contributed by atoms with Crippen LogP contribution in [0, 0.1) is 5.92 Å². The molecule has 2 aliphatic heterocycles. The summed E-state index contributed by atoms with van der Waals surface area (Å²) in [7, 11) is 0. The highest BCUT2D eigenvalue weighted by Gasteiger charge is 2.34. The van der Waals surface area contributed by atoms with Gasteiger partial charge < -0.3 is 10.2 Å². The molecule has 0 unspecified atom stereocenters. The second-order valence-electron chi connectivity index (χ2n) is 6.06. The van der Waals surface area contributed by atoms with Crippen LogP contribution in [0.15, 0.2) is 30.3 Å². The number of likely N-dealkylation sites (tertiary alicyclic amines) is 1. The molecule has 2 fully saturated rings. The zero-order chi connectivity index (χ0) is 14.7. The summed E-state index contributed by atoms with van der Waals surface area (Å²) >= 11 is 0. The van der Waals surface area contributed by atoms with Crippen LogP contribution in [0.5, 0.6) is 0 Å². The van der Waals surface area contributed by atoms with Gasteiger partial charge in [-0.15, -0.1) is 0 Å². The fraction of sp³-hybridized carbons (Fsp3) is 0.529. The largest absolute Gasteiger partial charge is 0.355 e. The van der Waals surface area contributed by atoms with Gasteiger partial charge in [0, 0.05) is 25.6 Å². The molecule has 0 radical (unpaired) electrons. The maximum Gasteiger partial charge on any atom is 0.227 e. The van der Waals surface area contributed by atoms with E-state index in [0.717, 1.165) is 25.8 Å². The van der Waals surface area contributed by atoms with Crippen LogP contribution in [0.3, 0.4) is 0 Å². The molecular weight excluding hydrogens is 264 g/mol. The van der Waals surface area contributed by atoms with Gasteiger partial charge in [-0.3, -0.25) is 9.59 Å². The number of rotatable bonds is 3. The average molecular weight is 286 g/mol. The van der Waals surface area contributed by atoms with Crippen molar-refractivity contribution >= 4 is 11.8 Å². The first-order chi connectivity index (χ1) is 10.2. The van der Waals surface area contributed by atoms with Crippen LogP contribution < -0.4 is 5.32 Å². The molecular formula is C17H22N2O2. The van der Waals surface area contributed by atoms with Crippen LogP contribution in [0.2, 0.25) is 0 Å². The Balaban J connectivity index is 1.63. The van der Waals surface area contributed by atoms with Gasteiger partial charge in [0.05, 0.1) is 5.92 Å². The minimum atomic E-state index is -0.0286. The Morgan fingerprint density at radius 3 is 2.76 bits per heavy atom. The van der Waals surface area contributed by atoms with Crippen LogP contribution in [-0.4, -0.2) is 35.8 Å². The SMILES string of the molecule is O=C1CC[C@@H](C(=O)N2CCC[C@H]2Cc2ccccc2)CN1. The van der Waals surface area contributed by atoms with Gasteiger partial charge in [0.25, 0.3) is 0 Å². The molecule has 1 aromatic rings. The van der Waals surface area contributed by atoms with E-state index in [1.165, 1.54) is 5.56 Å². The third kappa shape index (κ3) is 3.26. The smallest absolute Gasteiger partial charge is 0.227 e. The molecule has 0 spiro atoms. The van der Waals surface area contributed by atoms with Crippen LogP contribution in [0.1, 0.15) is 31.2 Å². The van der Waals surface area contributed by atoms with E-state index in [2.05, 4.69) is 22.3 Å². The van der Waals surface area contributed by atoms with Crippen molar-refractivity contribution in [2.45, 2.75) is 38.1 Å². The highest BCUT2D eigenvalue weighted by molar-refractivity contribution is 5.84. The van der Waals surface area contributed by atoms with Crippen molar-refractivity contribution in [1.29, 1.82) is 0 Å². The monoisotopic (exact) mass is 286 g/mol. The third-order valence-corrected chi connectivity index (χ3v) is 4.59. The summed E-state index contributed by atoms with van der Waals surface area (Å²) in [5, 5.41) is 2.81. The number of carbonyl (C=O) groups excluding carboxylic acids is 2. The van der Waals surface area contributed by atoms with Gasteiger partial charge >= 0.3 is 0 Å². The van der Waals surface area contributed by atoms with E-state index in [-0.39, 0.29) is 17.7 Å². The molecule has 2 atom stereocenters. The van der Waals surface area contributed by atoms with Gasteiger partial charge in [-0.25, -0.2) is 0 Å². The molecule has 3 rings (SSSR count). The van der Waals surface area contributed by atoms with E-state index in [4.69, 9.17) is 0 Å². The van der Waals surface area contributed by atoms with Crippen molar-refractivity contribution in [3.05, 3.63) is 35.9 Å². The number of piperidine rings is 1. The number of hydrogen-bond acceptors (Lipinski definition) is 2. The molecule has 1 aromatic carbocycles. The van der Waals surface area contributed by atoms with Gasteiger partial charge in [0.15, 0.2) is 0 Å². The molecule has 2 aliphatic rings. The number of hydrogen-bond donors (Lipinski definition) is 1. The van der Waals surface area contributed by atoms with Crippen LogP contribution in [0.4, 0.5) is 0 Å². The van der Waals surface area contributed by atoms with Crippen molar-refractivity contribution in [1.82, 2.24) is 10.2 Å². The summed E-state index contributed by atoms with van der Waals surface area (Å²) in [6.07, 6.45) is 4.28. The zero-order valence-corrected chi connectivity index (χ0v) is 12.3. The first kappa shape index (κ1) is 14.1. The molecule has 0 aliphatic carbocycles. The van der Waals surface area contributed by atoms with Gasteiger partial charge in [-0.2, -0.15) is 0 Å². The van der Waals surface area contributed by atoms with E-state index < -0.39 is 0 Å². The lowest BCUT2D eigenvalue weighted by Gasteiger charge is -2.30. The Bertz CT molecular complexity index is 505. The Morgan fingerprint density at radius 1 is 1.24 bits per heavy atom. The summed E-state index contributed by atoms with van der Waals surface area (Å²) < 4.78 is 0. The molecule has 2 amide bonds. The predicted octanol–water partition coefficient (Wildman–Crippen LogP) is 1.75. The van der Waals surface area contributed by atoms with Gasteiger partial charge in [-0.1, -0.05) is 30.3 Å². The van der Waals surface area contributed by atoms with Gasteiger partial charge in [0.1, 0.15) is 0 Å². The minimum Gasteiger partial charge on any atom is -0.355 e. The maximum atomic E-state index is 12.7. The normalized spacial score (nSPS) is 25.7. The Hall–Kier alpha value is -1.84. The van der Waals surface area contributed by atoms with E-state index in [1.807, 2.05) is 18.2 Å². The van der Waals surface area contributed by atoms with Gasteiger partial charge in [-0.05, 0) is 31.2 Å². The molecule has 0 aromatic heterocycles. The summed E-state index contributed by atoms with van der Waals surface area (Å²) in [4.78, 5) is 26.0. The Kier molecular flexibility index (Phi) is 4.23. The summed E-state index contributed by atoms with van der Waals surface area (Å²) in [6.45, 7) is 1.37. The first-order valence-electron chi connectivity index (χ1n) is 7.85. The van der Waals surface area contributed by atoms with Crippen LogP contribution >= 0.6 is 0 Å². The van der Waals surface area contributed by atoms with Crippen molar-refractivity contribution in [3.8, 4) is 0 Å². The van der Waals surface area contributed by atoms with Crippen LogP contribution in [0.25, 0.3) is 0 Å². The molecule has 4 heteroatoms. The van der Waals surface area contributed by atoms with E-state index in [1.54, 1.807) is 0 Å². The fourth-order valence-electron chi connectivity index (χ4n) is 3.40. The Labute approximate surface area is 125 Å². The zero-order valence-electron chi connectivity index (χ0n) is 12.3. The first-order valence-corrected chi connectivity index (χ1v) is 7.85. The molecule has 1 N–H and O–H groups in total. The number of nitrogens with zero attached hydrogens (tertiary/aromatic N) is 1. The quantitative estimate of drug-likeness (QED) is 0.920. The standard InChI is InChI=1S/C17H22N2O2/c20-16-9-8-14(12-18-16)17(21)19-10-4-7-15(19)11-13-5-2-1-3-6-13/h1-3,5-6,14-15H,4,7-12H2,(H,18,20)/t14-,15+/m1/s1. The lowest BCUT2D eigenvalue weighted by molar-refractivity contribution is -0.138. The summed E-state index contributed by atoms with van der Waals surface area (Å²) in [6, 6.07) is 10.7. The van der Waals surface area contributed by atoms with Crippen molar-refractivity contribution < 1.29 is 9.59 Å². The Morgan fingerprint density at radius 2 is 2.05 bits per heavy atom. The molecule has 2 saturated heterocycles. The van der Waals surface area contributed by atoms with Gasteiger partial charge in [0.2, 0.25) is 11.8 Å². The molecule has 4 nitrogen and oxygen atoms in total. The summed E-state index contributed by atoms with van der Waals surface area (Å²) in [5.41, 5.74) is 1.29. The minimum absolute atomic E-state index is 0.0286. The topological polar surface area (TPSA) is 49.4 Å². The van der Waals surface area contributed by atoms with Crippen molar-refractivity contribution in [3.63, 3.8) is 0 Å². The lowest BCUT2D eigenvalue weighted by Crippen LogP contribution is -2.46. The number of carbonyl (C=O) groups is 2. The maximum absolute atomic E-state index is 12.7. The van der Waals surface area contributed by atoms with Crippen molar-refractivity contribution in [2.24, 2.45) is 5.92 Å². The van der Waals surface area contributed by atoms with Crippen molar-refractivity contribution in [2.75, 3.05) is 13.1 Å². The second kappa shape index (κ2) is 6.29. The van der Waals surface area contributed by atoms with Crippen LogP contribution in [-0.2, 0) is 16.0 Å². The average Bonchev–Trinajstić information content (AvgIpc) is 2.96. The van der Waals surface area contributed by atoms with E-state index >= 15 is 0 Å². The predicted molar refractivity (Wildman–Crippen MR) is 80.6 cm³/mol. The summed E-state index contributed by atoms with van der Waals surface area (Å²) in [5.74, 6) is 0.272. The number of amides is 2. The molecule has 0 saturated carbocycles. The molecule has 2 heterocycles. The van der Waals surface area contributed by atoms with E-state index in [9.17, 15) is 9.59 Å². The van der Waals surface area contributed by atoms with E-state index in [0.29, 0.717) is 25.4 Å². The fourth-order valence-corrected chi connectivity index (χ4v) is 3.40. The number of nitrogens with one attached hydrogen (secondary N) is 1. The lowest BCUT2D eigenvalue weighted by atomic mass is 9.96. The number of benzene rings is 1. The molecule has 21 heavy (non-hydrogen) atoms. The molecule has 112 valence electrons. The highest BCUT2D eigenvalue weighted by atomic mass is 16.2. The highest BCUT2D eigenvalue weighted by Crippen LogP contribution is 2.25.